The summed E-state index contributed by atoms with van der Waals surface area (Å²) in [6.07, 6.45) is 2.58. The Hall–Kier alpha value is -2.55. The lowest BCUT2D eigenvalue weighted by Gasteiger charge is -2.39. The van der Waals surface area contributed by atoms with Gasteiger partial charge in [-0.2, -0.15) is 4.98 Å². The predicted octanol–water partition coefficient (Wildman–Crippen LogP) is 4.16. The number of aromatic nitrogens is 2. The molecular weight excluding hydrogens is 392 g/mol. The lowest BCUT2D eigenvalue weighted by molar-refractivity contribution is 0.128. The molecule has 0 radical (unpaired) electrons. The number of piperidine rings is 1. The normalized spacial score (nSPS) is 21.5. The molecule has 0 bridgehead atoms. The van der Waals surface area contributed by atoms with Gasteiger partial charge in [0.1, 0.15) is 11.6 Å². The zero-order valence-corrected chi connectivity index (χ0v) is 17.5. The van der Waals surface area contributed by atoms with E-state index in [-0.39, 0.29) is 23.1 Å². The number of rotatable bonds is 3. The molecule has 9 heteroatoms. The summed E-state index contributed by atoms with van der Waals surface area (Å²) >= 11 is 0. The van der Waals surface area contributed by atoms with Gasteiger partial charge in [-0.1, -0.05) is 19.0 Å². The van der Waals surface area contributed by atoms with E-state index in [9.17, 15) is 13.6 Å². The van der Waals surface area contributed by atoms with Crippen molar-refractivity contribution in [3.05, 3.63) is 41.5 Å². The van der Waals surface area contributed by atoms with Gasteiger partial charge in [-0.05, 0) is 43.9 Å². The Morgan fingerprint density at radius 1 is 1.30 bits per heavy atom. The number of hydrogen-bond acceptors (Lipinski definition) is 5. The van der Waals surface area contributed by atoms with Gasteiger partial charge in [0, 0.05) is 31.6 Å². The molecule has 1 N–H and O–H groups in total. The molecule has 162 valence electrons. The first kappa shape index (κ1) is 20.7. The molecular formula is C21H27F2N5O2. The second-order valence-corrected chi connectivity index (χ2v) is 8.82. The van der Waals surface area contributed by atoms with E-state index >= 15 is 0 Å². The van der Waals surface area contributed by atoms with Crippen LogP contribution in [0, 0.1) is 17.0 Å². The van der Waals surface area contributed by atoms with Crippen LogP contribution in [-0.4, -0.2) is 52.7 Å². The molecule has 2 fully saturated rings. The van der Waals surface area contributed by atoms with Crippen molar-refractivity contribution < 1.29 is 18.1 Å². The lowest BCUT2D eigenvalue weighted by Crippen LogP contribution is -2.45. The molecule has 2 aliphatic rings. The van der Waals surface area contributed by atoms with E-state index in [0.29, 0.717) is 19.0 Å². The highest BCUT2D eigenvalue weighted by atomic mass is 19.1. The van der Waals surface area contributed by atoms with Crippen molar-refractivity contribution >= 4 is 11.7 Å². The largest absolute Gasteiger partial charge is 0.339 e. The molecule has 3 heterocycles. The lowest BCUT2D eigenvalue weighted by atomic mass is 9.76. The van der Waals surface area contributed by atoms with Crippen molar-refractivity contribution in [2.75, 3.05) is 32.0 Å². The summed E-state index contributed by atoms with van der Waals surface area (Å²) < 4.78 is 32.5. The molecule has 2 amide bonds. The molecule has 1 atom stereocenters. The number of anilines is 1. The number of carbonyl (C=O) groups excluding carboxylic acids is 1. The molecule has 2 aliphatic heterocycles. The number of likely N-dealkylation sites (tertiary alicyclic amines) is 2. The fraction of sp³-hybridized carbons (Fsp3) is 0.571. The van der Waals surface area contributed by atoms with Crippen molar-refractivity contribution in [2.24, 2.45) is 5.41 Å². The Balaban J connectivity index is 1.37. The van der Waals surface area contributed by atoms with Gasteiger partial charge in [0.15, 0.2) is 5.82 Å². The highest BCUT2D eigenvalue weighted by Gasteiger charge is 2.46. The molecule has 1 aromatic carbocycles. The third-order valence-corrected chi connectivity index (χ3v) is 6.27. The van der Waals surface area contributed by atoms with Crippen LogP contribution in [0.25, 0.3) is 0 Å². The Morgan fingerprint density at radius 2 is 2.03 bits per heavy atom. The SMILES string of the molecule is CC(C)c1nc(C2CC3(CCN(C(=O)Nc4cc(F)ccc4F)CC3)CN2C)no1. The van der Waals surface area contributed by atoms with E-state index in [4.69, 9.17) is 4.52 Å². The summed E-state index contributed by atoms with van der Waals surface area (Å²) in [7, 11) is 2.07. The predicted molar refractivity (Wildman–Crippen MR) is 107 cm³/mol. The third-order valence-electron chi connectivity index (χ3n) is 6.27. The fourth-order valence-corrected chi connectivity index (χ4v) is 4.51. The monoisotopic (exact) mass is 419 g/mol. The Bertz CT molecular complexity index is 924. The maximum Gasteiger partial charge on any atom is 0.321 e. The Morgan fingerprint density at radius 3 is 2.70 bits per heavy atom. The van der Waals surface area contributed by atoms with Gasteiger partial charge in [-0.3, -0.25) is 4.90 Å². The van der Waals surface area contributed by atoms with Gasteiger partial charge in [0.25, 0.3) is 0 Å². The first-order valence-corrected chi connectivity index (χ1v) is 10.3. The number of urea groups is 1. The van der Waals surface area contributed by atoms with Crippen molar-refractivity contribution in [3.63, 3.8) is 0 Å². The van der Waals surface area contributed by atoms with Crippen molar-refractivity contribution in [3.8, 4) is 0 Å². The highest BCUT2D eigenvalue weighted by Crippen LogP contribution is 2.47. The summed E-state index contributed by atoms with van der Waals surface area (Å²) in [6.45, 7) is 6.07. The molecule has 4 rings (SSSR count). The van der Waals surface area contributed by atoms with E-state index in [2.05, 4.69) is 27.4 Å². The van der Waals surface area contributed by atoms with E-state index in [1.54, 1.807) is 4.90 Å². The van der Waals surface area contributed by atoms with E-state index < -0.39 is 17.7 Å². The minimum atomic E-state index is -0.653. The minimum absolute atomic E-state index is 0.0823. The smallest absolute Gasteiger partial charge is 0.321 e. The minimum Gasteiger partial charge on any atom is -0.339 e. The molecule has 1 unspecified atom stereocenters. The Labute approximate surface area is 174 Å². The molecule has 30 heavy (non-hydrogen) atoms. The zero-order chi connectivity index (χ0) is 21.5. The van der Waals surface area contributed by atoms with Crippen molar-refractivity contribution in [1.82, 2.24) is 19.9 Å². The van der Waals surface area contributed by atoms with Crippen LogP contribution in [0.5, 0.6) is 0 Å². The maximum atomic E-state index is 13.8. The standard InChI is InChI=1S/C21H27F2N5O2/c1-13(2)19-25-18(26-30-19)17-11-21(12-27(17)3)6-8-28(9-7-21)20(29)24-16-10-14(22)4-5-15(16)23/h4-5,10,13,17H,6-9,11-12H2,1-3H3,(H,24,29). The molecule has 0 saturated carbocycles. The highest BCUT2D eigenvalue weighted by molar-refractivity contribution is 5.89. The molecule has 2 saturated heterocycles. The van der Waals surface area contributed by atoms with E-state index in [1.807, 2.05) is 13.8 Å². The number of nitrogens with zero attached hydrogens (tertiary/aromatic N) is 4. The number of carbonyl (C=O) groups is 1. The summed E-state index contributed by atoms with van der Waals surface area (Å²) in [4.78, 5) is 21.0. The summed E-state index contributed by atoms with van der Waals surface area (Å²) in [5.74, 6) is 0.317. The Kier molecular flexibility index (Phi) is 5.48. The number of benzene rings is 1. The maximum absolute atomic E-state index is 13.8. The summed E-state index contributed by atoms with van der Waals surface area (Å²) in [5, 5.41) is 6.67. The third kappa shape index (κ3) is 4.03. The zero-order valence-electron chi connectivity index (χ0n) is 17.5. The summed E-state index contributed by atoms with van der Waals surface area (Å²) in [6, 6.07) is 2.72. The molecule has 2 aromatic rings. The summed E-state index contributed by atoms with van der Waals surface area (Å²) in [5.41, 5.74) is -0.0575. The average Bonchev–Trinajstić information content (AvgIpc) is 3.30. The van der Waals surface area contributed by atoms with Gasteiger partial charge in [0.05, 0.1) is 11.7 Å². The topological polar surface area (TPSA) is 74.5 Å². The van der Waals surface area contributed by atoms with Crippen LogP contribution >= 0.6 is 0 Å². The number of halogens is 2. The molecule has 0 aliphatic carbocycles. The van der Waals surface area contributed by atoms with Gasteiger partial charge in [0.2, 0.25) is 5.89 Å². The second-order valence-electron chi connectivity index (χ2n) is 8.82. The quantitative estimate of drug-likeness (QED) is 0.809. The molecule has 1 spiro atoms. The number of amides is 2. The van der Waals surface area contributed by atoms with E-state index in [1.165, 1.54) is 0 Å². The first-order chi connectivity index (χ1) is 14.3. The first-order valence-electron chi connectivity index (χ1n) is 10.3. The second kappa shape index (κ2) is 7.94. The van der Waals surface area contributed by atoms with Crippen LogP contribution in [-0.2, 0) is 0 Å². The van der Waals surface area contributed by atoms with Crippen LogP contribution in [0.4, 0.5) is 19.3 Å². The number of hydrogen-bond donors (Lipinski definition) is 1. The number of nitrogens with one attached hydrogen (secondary N) is 1. The van der Waals surface area contributed by atoms with E-state index in [0.717, 1.165) is 49.8 Å². The van der Waals surface area contributed by atoms with Crippen LogP contribution < -0.4 is 5.32 Å². The van der Waals surface area contributed by atoms with Gasteiger partial charge in [-0.15, -0.1) is 0 Å². The van der Waals surface area contributed by atoms with Crippen LogP contribution in [0.3, 0.4) is 0 Å². The van der Waals surface area contributed by atoms with Crippen LogP contribution in [0.1, 0.15) is 56.8 Å². The van der Waals surface area contributed by atoms with Gasteiger partial charge in [-0.25, -0.2) is 13.6 Å². The van der Waals surface area contributed by atoms with Crippen LogP contribution in [0.2, 0.25) is 0 Å². The van der Waals surface area contributed by atoms with Crippen molar-refractivity contribution in [1.29, 1.82) is 0 Å². The molecule has 1 aromatic heterocycles. The van der Waals surface area contributed by atoms with Crippen molar-refractivity contribution in [2.45, 2.75) is 45.1 Å². The van der Waals surface area contributed by atoms with Gasteiger partial charge >= 0.3 is 6.03 Å². The molecule has 7 nitrogen and oxygen atoms in total. The van der Waals surface area contributed by atoms with Gasteiger partial charge < -0.3 is 14.7 Å². The fourth-order valence-electron chi connectivity index (χ4n) is 4.51. The average molecular weight is 419 g/mol. The van der Waals surface area contributed by atoms with Crippen LogP contribution in [0.15, 0.2) is 22.7 Å².